The minimum Gasteiger partial charge on any atom is -0.491 e. The Kier molecular flexibility index (Phi) is 5.54. The predicted octanol–water partition coefficient (Wildman–Crippen LogP) is 3.01. The second-order valence-corrected chi connectivity index (χ2v) is 4.62. The zero-order valence-corrected chi connectivity index (χ0v) is 12.3. The smallest absolute Gasteiger partial charge is 0.274 e. The van der Waals surface area contributed by atoms with E-state index in [-0.39, 0.29) is 11.6 Å². The average molecular weight is 307 g/mol. The second-order valence-electron chi connectivity index (χ2n) is 4.18. The maximum absolute atomic E-state index is 12.0. The number of carbonyl (C=O) groups is 1. The molecule has 0 aliphatic heterocycles. The van der Waals surface area contributed by atoms with Gasteiger partial charge in [0.25, 0.3) is 5.91 Å². The predicted molar refractivity (Wildman–Crippen MR) is 81.0 cm³/mol. The maximum atomic E-state index is 12.0. The lowest BCUT2D eigenvalue weighted by Crippen LogP contribution is -2.13. The van der Waals surface area contributed by atoms with Crippen molar-refractivity contribution in [2.24, 2.45) is 0 Å². The quantitative estimate of drug-likeness (QED) is 0.833. The summed E-state index contributed by atoms with van der Waals surface area (Å²) in [5.74, 6) is 0.329. The standard InChI is InChI=1S/C15H15ClN2O3/c1-20-7-8-21-13-4-2-3-12(10-13)18-15(19)14-9-11(16)5-6-17-14/h2-6,9-10H,7-8H2,1H3,(H,18,19). The molecule has 0 aliphatic carbocycles. The van der Waals surface area contributed by atoms with Gasteiger partial charge in [-0.15, -0.1) is 0 Å². The molecule has 0 unspecified atom stereocenters. The number of aromatic nitrogens is 1. The van der Waals surface area contributed by atoms with E-state index in [1.807, 2.05) is 6.07 Å². The summed E-state index contributed by atoms with van der Waals surface area (Å²) in [6.07, 6.45) is 1.49. The van der Waals surface area contributed by atoms with Gasteiger partial charge >= 0.3 is 0 Å². The zero-order valence-electron chi connectivity index (χ0n) is 11.5. The highest BCUT2D eigenvalue weighted by Crippen LogP contribution is 2.18. The molecule has 5 nitrogen and oxygen atoms in total. The summed E-state index contributed by atoms with van der Waals surface area (Å²) in [5.41, 5.74) is 0.880. The fourth-order valence-electron chi connectivity index (χ4n) is 1.63. The van der Waals surface area contributed by atoms with Gasteiger partial charge in [-0.05, 0) is 24.3 Å². The van der Waals surface area contributed by atoms with Gasteiger partial charge in [0.1, 0.15) is 18.1 Å². The first-order chi connectivity index (χ1) is 10.2. The molecule has 1 aromatic carbocycles. The molecule has 1 N–H and O–H groups in total. The molecule has 0 radical (unpaired) electrons. The molecule has 0 spiro atoms. The minimum absolute atomic E-state index is 0.258. The third-order valence-corrected chi connectivity index (χ3v) is 2.84. The number of pyridine rings is 1. The van der Waals surface area contributed by atoms with Crippen LogP contribution >= 0.6 is 11.6 Å². The summed E-state index contributed by atoms with van der Waals surface area (Å²) in [7, 11) is 1.61. The highest BCUT2D eigenvalue weighted by Gasteiger charge is 2.08. The molecule has 0 atom stereocenters. The van der Waals surface area contributed by atoms with Gasteiger partial charge in [0.05, 0.1) is 6.61 Å². The van der Waals surface area contributed by atoms with Crippen LogP contribution in [0.15, 0.2) is 42.6 Å². The highest BCUT2D eigenvalue weighted by atomic mass is 35.5. The fourth-order valence-corrected chi connectivity index (χ4v) is 1.79. The topological polar surface area (TPSA) is 60.5 Å². The van der Waals surface area contributed by atoms with E-state index < -0.39 is 0 Å². The molecule has 110 valence electrons. The first-order valence-corrected chi connectivity index (χ1v) is 6.71. The molecule has 21 heavy (non-hydrogen) atoms. The molecule has 0 fully saturated rings. The van der Waals surface area contributed by atoms with Crippen molar-refractivity contribution in [2.75, 3.05) is 25.6 Å². The number of benzene rings is 1. The zero-order chi connectivity index (χ0) is 15.1. The third-order valence-electron chi connectivity index (χ3n) is 2.60. The van der Waals surface area contributed by atoms with Gasteiger partial charge < -0.3 is 14.8 Å². The van der Waals surface area contributed by atoms with Crippen molar-refractivity contribution in [1.29, 1.82) is 0 Å². The summed E-state index contributed by atoms with van der Waals surface area (Å²) in [6.45, 7) is 0.951. The van der Waals surface area contributed by atoms with Crippen molar-refractivity contribution < 1.29 is 14.3 Å². The fraction of sp³-hybridized carbons (Fsp3) is 0.200. The normalized spacial score (nSPS) is 10.2. The lowest BCUT2D eigenvalue weighted by Gasteiger charge is -2.08. The van der Waals surface area contributed by atoms with Crippen LogP contribution in [0.3, 0.4) is 0 Å². The summed E-state index contributed by atoms with van der Waals surface area (Å²) >= 11 is 5.84. The Hall–Kier alpha value is -2.11. The number of hydrogen-bond donors (Lipinski definition) is 1. The number of halogens is 1. The lowest BCUT2D eigenvalue weighted by molar-refractivity contribution is 0.102. The van der Waals surface area contributed by atoms with E-state index in [2.05, 4.69) is 10.3 Å². The number of amides is 1. The lowest BCUT2D eigenvalue weighted by atomic mass is 10.2. The van der Waals surface area contributed by atoms with E-state index in [9.17, 15) is 4.79 Å². The highest BCUT2D eigenvalue weighted by molar-refractivity contribution is 6.30. The molecule has 1 heterocycles. The second kappa shape index (κ2) is 7.61. The summed E-state index contributed by atoms with van der Waals surface area (Å²) in [5, 5.41) is 3.21. The number of anilines is 1. The van der Waals surface area contributed by atoms with Crippen LogP contribution < -0.4 is 10.1 Å². The summed E-state index contributed by atoms with van der Waals surface area (Å²) < 4.78 is 10.4. The van der Waals surface area contributed by atoms with Crippen molar-refractivity contribution >= 4 is 23.2 Å². The molecule has 0 saturated heterocycles. The van der Waals surface area contributed by atoms with Crippen LogP contribution in [0.1, 0.15) is 10.5 Å². The molecule has 0 saturated carbocycles. The van der Waals surface area contributed by atoms with Crippen LogP contribution in [0, 0.1) is 0 Å². The largest absolute Gasteiger partial charge is 0.491 e. The van der Waals surface area contributed by atoms with Gasteiger partial charge in [0, 0.05) is 30.1 Å². The van der Waals surface area contributed by atoms with E-state index in [0.717, 1.165) is 0 Å². The van der Waals surface area contributed by atoms with Crippen molar-refractivity contribution in [3.63, 3.8) is 0 Å². The number of ether oxygens (including phenoxy) is 2. The number of nitrogens with zero attached hydrogens (tertiary/aromatic N) is 1. The SMILES string of the molecule is COCCOc1cccc(NC(=O)c2cc(Cl)ccn2)c1. The molecule has 6 heteroatoms. The first-order valence-electron chi connectivity index (χ1n) is 6.34. The van der Waals surface area contributed by atoms with Crippen molar-refractivity contribution in [1.82, 2.24) is 4.98 Å². The first kappa shape index (κ1) is 15.3. The molecule has 0 bridgehead atoms. The van der Waals surface area contributed by atoms with Crippen LogP contribution in [-0.4, -0.2) is 31.2 Å². The van der Waals surface area contributed by atoms with Crippen molar-refractivity contribution in [3.8, 4) is 5.75 Å². The van der Waals surface area contributed by atoms with Crippen LogP contribution in [0.25, 0.3) is 0 Å². The van der Waals surface area contributed by atoms with Gasteiger partial charge in [-0.3, -0.25) is 9.78 Å². The number of nitrogens with one attached hydrogen (secondary N) is 1. The number of methoxy groups -OCH3 is 1. The molecule has 1 aromatic heterocycles. The molecular weight excluding hydrogens is 292 g/mol. The summed E-state index contributed by atoms with van der Waals surface area (Å²) in [4.78, 5) is 16.0. The van der Waals surface area contributed by atoms with E-state index in [0.29, 0.717) is 29.7 Å². The Morgan fingerprint density at radius 3 is 2.90 bits per heavy atom. The van der Waals surface area contributed by atoms with Crippen LogP contribution in [0.5, 0.6) is 5.75 Å². The van der Waals surface area contributed by atoms with Crippen molar-refractivity contribution in [2.45, 2.75) is 0 Å². The Bertz CT molecular complexity index is 619. The molecule has 2 rings (SSSR count). The molecule has 2 aromatic rings. The van der Waals surface area contributed by atoms with E-state index in [4.69, 9.17) is 21.1 Å². The summed E-state index contributed by atoms with van der Waals surface area (Å²) in [6, 6.07) is 10.2. The third kappa shape index (κ3) is 4.73. The number of hydrogen-bond acceptors (Lipinski definition) is 4. The van der Waals surface area contributed by atoms with Gasteiger partial charge in [0.15, 0.2) is 0 Å². The number of rotatable bonds is 6. The van der Waals surface area contributed by atoms with Crippen LogP contribution in [0.2, 0.25) is 5.02 Å². The Morgan fingerprint density at radius 1 is 1.29 bits per heavy atom. The van der Waals surface area contributed by atoms with Gasteiger partial charge in [-0.2, -0.15) is 0 Å². The van der Waals surface area contributed by atoms with E-state index in [1.165, 1.54) is 12.3 Å². The Morgan fingerprint density at radius 2 is 2.14 bits per heavy atom. The van der Waals surface area contributed by atoms with Gasteiger partial charge in [0.2, 0.25) is 0 Å². The molecular formula is C15H15ClN2O3. The van der Waals surface area contributed by atoms with E-state index >= 15 is 0 Å². The van der Waals surface area contributed by atoms with E-state index in [1.54, 1.807) is 31.4 Å². The average Bonchev–Trinajstić information content (AvgIpc) is 2.48. The Balaban J connectivity index is 2.02. The molecule has 1 amide bonds. The van der Waals surface area contributed by atoms with Gasteiger partial charge in [-0.1, -0.05) is 17.7 Å². The molecule has 0 aliphatic rings. The number of carbonyl (C=O) groups excluding carboxylic acids is 1. The Labute approximate surface area is 127 Å². The van der Waals surface area contributed by atoms with Crippen LogP contribution in [-0.2, 0) is 4.74 Å². The van der Waals surface area contributed by atoms with Gasteiger partial charge in [-0.25, -0.2) is 0 Å². The monoisotopic (exact) mass is 306 g/mol. The van der Waals surface area contributed by atoms with Crippen molar-refractivity contribution in [3.05, 3.63) is 53.3 Å². The maximum Gasteiger partial charge on any atom is 0.274 e. The minimum atomic E-state index is -0.327. The van der Waals surface area contributed by atoms with Crippen LogP contribution in [0.4, 0.5) is 5.69 Å².